The Bertz CT molecular complexity index is 740. The van der Waals surface area contributed by atoms with Crippen molar-refractivity contribution in [1.82, 2.24) is 10.3 Å². The number of nitrogens with zero attached hydrogens (tertiary/aromatic N) is 1. The summed E-state index contributed by atoms with van der Waals surface area (Å²) in [6.07, 6.45) is 0. The summed E-state index contributed by atoms with van der Waals surface area (Å²) in [5.74, 6) is 0. The summed E-state index contributed by atoms with van der Waals surface area (Å²) in [6, 6.07) is 15.6. The van der Waals surface area contributed by atoms with Gasteiger partial charge in [-0.1, -0.05) is 41.9 Å². The van der Waals surface area contributed by atoms with Gasteiger partial charge in [0.05, 0.1) is 11.0 Å². The first kappa shape index (κ1) is 15.5. The van der Waals surface area contributed by atoms with Crippen molar-refractivity contribution in [2.45, 2.75) is 10.9 Å². The molecule has 0 aliphatic rings. The molecule has 0 aliphatic heterocycles. The third kappa shape index (κ3) is 4.03. The van der Waals surface area contributed by atoms with Crippen LogP contribution in [0, 0.1) is 11.3 Å². The minimum Gasteiger partial charge on any atom is -0.222 e. The molecule has 2 rings (SSSR count). The van der Waals surface area contributed by atoms with Crippen molar-refractivity contribution < 1.29 is 8.42 Å². The van der Waals surface area contributed by atoms with Gasteiger partial charge >= 0.3 is 0 Å². The van der Waals surface area contributed by atoms with E-state index in [4.69, 9.17) is 16.9 Å². The predicted molar refractivity (Wildman–Crippen MR) is 79.7 cm³/mol. The molecule has 0 radical (unpaired) electrons. The third-order valence-corrected chi connectivity index (χ3v) is 4.25. The van der Waals surface area contributed by atoms with Gasteiger partial charge in [-0.15, -0.1) is 4.83 Å². The molecule has 0 aliphatic carbocycles. The molecule has 2 aromatic rings. The number of hydrazine groups is 1. The zero-order valence-corrected chi connectivity index (χ0v) is 12.4. The fourth-order valence-electron chi connectivity index (χ4n) is 1.64. The zero-order chi connectivity index (χ0) is 15.3. The maximum Gasteiger partial charge on any atom is 0.253 e. The summed E-state index contributed by atoms with van der Waals surface area (Å²) in [4.78, 5) is 2.32. The largest absolute Gasteiger partial charge is 0.253 e. The summed E-state index contributed by atoms with van der Waals surface area (Å²) >= 11 is 5.77. The van der Waals surface area contributed by atoms with Crippen LogP contribution in [0.25, 0.3) is 0 Å². The smallest absolute Gasteiger partial charge is 0.222 e. The van der Waals surface area contributed by atoms with Gasteiger partial charge in [0.1, 0.15) is 6.04 Å². The van der Waals surface area contributed by atoms with E-state index in [-0.39, 0.29) is 4.90 Å². The molecule has 108 valence electrons. The highest BCUT2D eigenvalue weighted by Crippen LogP contribution is 2.16. The summed E-state index contributed by atoms with van der Waals surface area (Å²) in [5.41, 5.74) is 3.11. The lowest BCUT2D eigenvalue weighted by molar-refractivity contribution is 0.539. The second-order valence-corrected chi connectivity index (χ2v) is 6.30. The Labute approximate surface area is 128 Å². The highest BCUT2D eigenvalue weighted by Gasteiger charge is 2.16. The second kappa shape index (κ2) is 6.70. The van der Waals surface area contributed by atoms with Gasteiger partial charge in [0.15, 0.2) is 0 Å². The van der Waals surface area contributed by atoms with E-state index in [1.54, 1.807) is 42.5 Å². The Morgan fingerprint density at radius 3 is 2.24 bits per heavy atom. The zero-order valence-electron chi connectivity index (χ0n) is 10.8. The van der Waals surface area contributed by atoms with Crippen molar-refractivity contribution in [1.29, 1.82) is 5.26 Å². The molecule has 5 nitrogen and oxygen atoms in total. The van der Waals surface area contributed by atoms with Crippen molar-refractivity contribution in [2.24, 2.45) is 0 Å². The standard InChI is InChI=1S/C14H12ClN3O2S/c15-12-8-6-11(7-9-12)14(10-16)17-18-21(19,20)13-4-2-1-3-5-13/h1-9,14,17-18H. The van der Waals surface area contributed by atoms with Crippen LogP contribution in [0.4, 0.5) is 0 Å². The normalized spacial score (nSPS) is 12.6. The topological polar surface area (TPSA) is 82.0 Å². The molecular weight excluding hydrogens is 310 g/mol. The molecule has 0 saturated heterocycles. The van der Waals surface area contributed by atoms with Crippen molar-refractivity contribution in [2.75, 3.05) is 0 Å². The van der Waals surface area contributed by atoms with E-state index in [1.807, 2.05) is 6.07 Å². The van der Waals surface area contributed by atoms with Gasteiger partial charge in [0.25, 0.3) is 10.0 Å². The van der Waals surface area contributed by atoms with E-state index < -0.39 is 16.1 Å². The van der Waals surface area contributed by atoms with Crippen LogP contribution in [-0.2, 0) is 10.0 Å². The molecule has 0 heterocycles. The Balaban J connectivity index is 2.11. The lowest BCUT2D eigenvalue weighted by atomic mass is 10.1. The molecule has 0 aromatic heterocycles. The molecule has 0 bridgehead atoms. The van der Waals surface area contributed by atoms with Gasteiger partial charge in [0, 0.05) is 5.02 Å². The second-order valence-electron chi connectivity index (χ2n) is 4.18. The highest BCUT2D eigenvalue weighted by molar-refractivity contribution is 7.89. The molecule has 1 atom stereocenters. The van der Waals surface area contributed by atoms with Gasteiger partial charge in [0.2, 0.25) is 0 Å². The number of benzene rings is 2. The first-order valence-electron chi connectivity index (χ1n) is 6.00. The van der Waals surface area contributed by atoms with Crippen LogP contribution in [0.3, 0.4) is 0 Å². The minimum absolute atomic E-state index is 0.116. The number of rotatable bonds is 5. The summed E-state index contributed by atoms with van der Waals surface area (Å²) < 4.78 is 24.1. The van der Waals surface area contributed by atoms with Crippen molar-refractivity contribution in [3.05, 3.63) is 65.2 Å². The molecular formula is C14H12ClN3O2S. The SMILES string of the molecule is N#CC(NNS(=O)(=O)c1ccccc1)c1ccc(Cl)cc1. The van der Waals surface area contributed by atoms with Crippen LogP contribution in [0.5, 0.6) is 0 Å². The number of sulfonamides is 1. The van der Waals surface area contributed by atoms with Crippen molar-refractivity contribution >= 4 is 21.6 Å². The number of halogens is 1. The summed E-state index contributed by atoms with van der Waals surface area (Å²) in [6.45, 7) is 0. The minimum atomic E-state index is -3.72. The maximum absolute atomic E-state index is 12.0. The van der Waals surface area contributed by atoms with Crippen molar-refractivity contribution in [3.8, 4) is 6.07 Å². The number of hydrogen-bond donors (Lipinski definition) is 2. The van der Waals surface area contributed by atoms with Crippen LogP contribution in [0.1, 0.15) is 11.6 Å². The average molecular weight is 322 g/mol. The molecule has 0 spiro atoms. The molecule has 0 saturated carbocycles. The molecule has 0 amide bonds. The molecule has 2 N–H and O–H groups in total. The third-order valence-electron chi connectivity index (χ3n) is 2.72. The van der Waals surface area contributed by atoms with E-state index in [2.05, 4.69) is 10.3 Å². The lowest BCUT2D eigenvalue weighted by Gasteiger charge is -2.13. The fraction of sp³-hybridized carbons (Fsp3) is 0.0714. The summed E-state index contributed by atoms with van der Waals surface area (Å²) in [7, 11) is -3.72. The number of nitrogens with one attached hydrogen (secondary N) is 2. The first-order chi connectivity index (χ1) is 10.0. The maximum atomic E-state index is 12.0. The van der Waals surface area contributed by atoms with E-state index >= 15 is 0 Å². The van der Waals surface area contributed by atoms with Crippen LogP contribution >= 0.6 is 11.6 Å². The number of nitriles is 1. The molecule has 2 aromatic carbocycles. The van der Waals surface area contributed by atoms with Crippen molar-refractivity contribution in [3.63, 3.8) is 0 Å². The molecule has 1 unspecified atom stereocenters. The Morgan fingerprint density at radius 1 is 1.05 bits per heavy atom. The van der Waals surface area contributed by atoms with Gasteiger partial charge in [-0.05, 0) is 29.8 Å². The predicted octanol–water partition coefficient (Wildman–Crippen LogP) is 2.39. The van der Waals surface area contributed by atoms with E-state index in [9.17, 15) is 8.42 Å². The lowest BCUT2D eigenvalue weighted by Crippen LogP contribution is -2.39. The Kier molecular flexibility index (Phi) is 4.94. The quantitative estimate of drug-likeness (QED) is 0.828. The highest BCUT2D eigenvalue weighted by atomic mass is 35.5. The van der Waals surface area contributed by atoms with Crippen LogP contribution in [0.2, 0.25) is 5.02 Å². The van der Waals surface area contributed by atoms with Gasteiger partial charge in [-0.2, -0.15) is 5.26 Å². The van der Waals surface area contributed by atoms with Crippen LogP contribution < -0.4 is 10.3 Å². The monoisotopic (exact) mass is 321 g/mol. The van der Waals surface area contributed by atoms with Gasteiger partial charge < -0.3 is 0 Å². The van der Waals surface area contributed by atoms with E-state index in [1.165, 1.54) is 12.1 Å². The molecule has 21 heavy (non-hydrogen) atoms. The number of hydrogen-bond acceptors (Lipinski definition) is 4. The van der Waals surface area contributed by atoms with Gasteiger partial charge in [-0.25, -0.2) is 13.8 Å². The van der Waals surface area contributed by atoms with Gasteiger partial charge in [-0.3, -0.25) is 0 Å². The average Bonchev–Trinajstić information content (AvgIpc) is 2.50. The van der Waals surface area contributed by atoms with E-state index in [0.717, 1.165) is 0 Å². The Morgan fingerprint density at radius 2 is 1.67 bits per heavy atom. The van der Waals surface area contributed by atoms with E-state index in [0.29, 0.717) is 10.6 Å². The first-order valence-corrected chi connectivity index (χ1v) is 7.86. The van der Waals surface area contributed by atoms with Crippen LogP contribution in [0.15, 0.2) is 59.5 Å². The fourth-order valence-corrected chi connectivity index (χ4v) is 2.67. The molecule has 7 heteroatoms. The summed E-state index contributed by atoms with van der Waals surface area (Å²) in [5, 5.41) is 9.68. The Hall–Kier alpha value is -1.91. The van der Waals surface area contributed by atoms with Crippen LogP contribution in [-0.4, -0.2) is 8.42 Å². The molecule has 0 fully saturated rings.